The second-order valence-corrected chi connectivity index (χ2v) is 5.56. The fourth-order valence-corrected chi connectivity index (χ4v) is 1.76. The molecule has 0 spiro atoms. The van der Waals surface area contributed by atoms with E-state index in [1.54, 1.807) is 7.05 Å². The third-order valence-corrected chi connectivity index (χ3v) is 2.95. The highest BCUT2D eigenvalue weighted by atomic mass is 35.5. The second kappa shape index (κ2) is 5.98. The van der Waals surface area contributed by atoms with Crippen molar-refractivity contribution in [3.63, 3.8) is 0 Å². The topological polar surface area (TPSA) is 114 Å². The van der Waals surface area contributed by atoms with Crippen LogP contribution in [0.15, 0.2) is 12.1 Å². The van der Waals surface area contributed by atoms with Crippen molar-refractivity contribution >= 4 is 33.3 Å². The molecule has 0 atom stereocenters. The van der Waals surface area contributed by atoms with Crippen molar-refractivity contribution in [3.8, 4) is 0 Å². The number of carbonyl (C=O) groups excluding carboxylic acids is 1. The van der Waals surface area contributed by atoms with E-state index in [1.807, 2.05) is 0 Å². The van der Waals surface area contributed by atoms with Crippen molar-refractivity contribution in [2.45, 2.75) is 0 Å². The molecule has 0 bridgehead atoms. The Labute approximate surface area is 110 Å². The van der Waals surface area contributed by atoms with Crippen LogP contribution in [0.2, 0.25) is 5.15 Å². The molecule has 1 amide bonds. The largest absolute Gasteiger partial charge is 0.373 e. The first-order valence-electron chi connectivity index (χ1n) is 4.96. The van der Waals surface area contributed by atoms with Crippen LogP contribution in [0.3, 0.4) is 0 Å². The van der Waals surface area contributed by atoms with Gasteiger partial charge in [0.2, 0.25) is 10.0 Å². The smallest absolute Gasteiger partial charge is 0.251 e. The van der Waals surface area contributed by atoms with Crippen LogP contribution < -0.4 is 15.8 Å². The molecule has 0 radical (unpaired) electrons. The fourth-order valence-electron chi connectivity index (χ4n) is 1.16. The summed E-state index contributed by atoms with van der Waals surface area (Å²) in [6.45, 7) is -0.0630. The predicted octanol–water partition coefficient (Wildman–Crippen LogP) is -0.205. The Morgan fingerprint density at radius 3 is 2.72 bits per heavy atom. The van der Waals surface area contributed by atoms with E-state index in [2.05, 4.69) is 15.6 Å². The summed E-state index contributed by atoms with van der Waals surface area (Å²) in [6.07, 6.45) is 0. The molecule has 1 rings (SSSR count). The maximum atomic E-state index is 11.7. The summed E-state index contributed by atoms with van der Waals surface area (Å²) in [7, 11) is -1.95. The van der Waals surface area contributed by atoms with Gasteiger partial charge in [-0.05, 0) is 12.1 Å². The Morgan fingerprint density at radius 2 is 2.17 bits per heavy atom. The molecule has 0 saturated heterocycles. The zero-order valence-electron chi connectivity index (χ0n) is 9.60. The van der Waals surface area contributed by atoms with Gasteiger partial charge in [-0.1, -0.05) is 11.6 Å². The number of carbonyl (C=O) groups is 1. The number of nitrogens with one attached hydrogen (secondary N) is 2. The molecule has 1 heterocycles. The van der Waals surface area contributed by atoms with Gasteiger partial charge in [0.1, 0.15) is 11.0 Å². The Hall–Kier alpha value is -1.38. The number of anilines is 1. The number of rotatable bonds is 5. The SMILES string of the molecule is CNc1cc(C(=O)NCCS(N)(=O)=O)cc(Cl)n1. The predicted molar refractivity (Wildman–Crippen MR) is 69.1 cm³/mol. The van der Waals surface area contributed by atoms with E-state index in [-0.39, 0.29) is 23.0 Å². The Kier molecular flexibility index (Phi) is 4.88. The zero-order chi connectivity index (χ0) is 13.8. The summed E-state index contributed by atoms with van der Waals surface area (Å²) < 4.78 is 21.4. The fraction of sp³-hybridized carbons (Fsp3) is 0.333. The van der Waals surface area contributed by atoms with Gasteiger partial charge in [-0.15, -0.1) is 0 Å². The lowest BCUT2D eigenvalue weighted by molar-refractivity contribution is 0.0956. The highest BCUT2D eigenvalue weighted by Crippen LogP contribution is 2.13. The molecule has 1 aromatic heterocycles. The summed E-state index contributed by atoms with van der Waals surface area (Å²) in [5, 5.41) is 10.1. The van der Waals surface area contributed by atoms with E-state index in [9.17, 15) is 13.2 Å². The third kappa shape index (κ3) is 4.86. The average molecular weight is 293 g/mol. The van der Waals surface area contributed by atoms with Gasteiger partial charge in [-0.3, -0.25) is 4.79 Å². The molecule has 100 valence electrons. The van der Waals surface area contributed by atoms with E-state index in [0.29, 0.717) is 5.82 Å². The quantitative estimate of drug-likeness (QED) is 0.650. The van der Waals surface area contributed by atoms with E-state index in [4.69, 9.17) is 16.7 Å². The minimum atomic E-state index is -3.59. The molecule has 7 nitrogen and oxygen atoms in total. The van der Waals surface area contributed by atoms with Gasteiger partial charge < -0.3 is 10.6 Å². The molecule has 0 aromatic carbocycles. The Morgan fingerprint density at radius 1 is 1.50 bits per heavy atom. The van der Waals surface area contributed by atoms with Crippen LogP contribution in [0.25, 0.3) is 0 Å². The number of halogens is 1. The van der Waals surface area contributed by atoms with E-state index < -0.39 is 15.9 Å². The van der Waals surface area contributed by atoms with Crippen LogP contribution in [0.4, 0.5) is 5.82 Å². The van der Waals surface area contributed by atoms with Crippen LogP contribution in [-0.2, 0) is 10.0 Å². The van der Waals surface area contributed by atoms with E-state index >= 15 is 0 Å². The van der Waals surface area contributed by atoms with Crippen molar-refractivity contribution < 1.29 is 13.2 Å². The third-order valence-electron chi connectivity index (χ3n) is 1.98. The number of sulfonamides is 1. The summed E-state index contributed by atoms with van der Waals surface area (Å²) >= 11 is 5.73. The van der Waals surface area contributed by atoms with Crippen LogP contribution in [0.5, 0.6) is 0 Å². The first-order chi connectivity index (χ1) is 8.31. The molecule has 0 aliphatic rings. The Bertz CT molecular complexity index is 547. The number of amides is 1. The molecule has 1 aromatic rings. The van der Waals surface area contributed by atoms with E-state index in [1.165, 1.54) is 12.1 Å². The molecule has 0 saturated carbocycles. The molecule has 4 N–H and O–H groups in total. The molecule has 9 heteroatoms. The molecule has 0 unspecified atom stereocenters. The lowest BCUT2D eigenvalue weighted by atomic mass is 10.2. The maximum absolute atomic E-state index is 11.7. The molecular weight excluding hydrogens is 280 g/mol. The van der Waals surface area contributed by atoms with Gasteiger partial charge >= 0.3 is 0 Å². The van der Waals surface area contributed by atoms with Crippen LogP contribution >= 0.6 is 11.6 Å². The van der Waals surface area contributed by atoms with Crippen molar-refractivity contribution in [2.24, 2.45) is 5.14 Å². The van der Waals surface area contributed by atoms with Gasteiger partial charge in [0, 0.05) is 19.2 Å². The van der Waals surface area contributed by atoms with Crippen molar-refractivity contribution in [2.75, 3.05) is 24.7 Å². The number of nitrogens with two attached hydrogens (primary N) is 1. The monoisotopic (exact) mass is 292 g/mol. The maximum Gasteiger partial charge on any atom is 0.251 e. The van der Waals surface area contributed by atoms with Crippen molar-refractivity contribution in [1.29, 1.82) is 0 Å². The molecule has 0 aliphatic heterocycles. The normalized spacial score (nSPS) is 11.1. The zero-order valence-corrected chi connectivity index (χ0v) is 11.2. The molecular formula is C9H13ClN4O3S. The highest BCUT2D eigenvalue weighted by molar-refractivity contribution is 7.89. The number of aromatic nitrogens is 1. The Balaban J connectivity index is 2.69. The second-order valence-electron chi connectivity index (χ2n) is 3.44. The molecule has 0 fully saturated rings. The van der Waals surface area contributed by atoms with Gasteiger partial charge in [0.15, 0.2) is 0 Å². The standard InChI is InChI=1S/C9H13ClN4O3S/c1-12-8-5-6(4-7(10)14-8)9(15)13-2-3-18(11,16)17/h4-5H,2-3H2,1H3,(H,12,14)(H,13,15)(H2,11,16,17). The summed E-state index contributed by atoms with van der Waals surface area (Å²) in [6, 6.07) is 2.88. The minimum Gasteiger partial charge on any atom is -0.373 e. The van der Waals surface area contributed by atoms with Gasteiger partial charge in [0.25, 0.3) is 5.91 Å². The van der Waals surface area contributed by atoms with Crippen LogP contribution in [-0.4, -0.2) is 38.7 Å². The van der Waals surface area contributed by atoms with Crippen LogP contribution in [0.1, 0.15) is 10.4 Å². The first-order valence-corrected chi connectivity index (χ1v) is 7.05. The number of hydrogen-bond acceptors (Lipinski definition) is 5. The summed E-state index contributed by atoms with van der Waals surface area (Å²) in [5.74, 6) is -0.324. The number of nitrogens with zero attached hydrogens (tertiary/aromatic N) is 1. The minimum absolute atomic E-state index is 0.0630. The molecule has 18 heavy (non-hydrogen) atoms. The lowest BCUT2D eigenvalue weighted by Gasteiger charge is -2.06. The van der Waals surface area contributed by atoms with E-state index in [0.717, 1.165) is 0 Å². The molecule has 0 aliphatic carbocycles. The number of primary sulfonamides is 1. The van der Waals surface area contributed by atoms with Crippen LogP contribution in [0, 0.1) is 0 Å². The number of pyridine rings is 1. The van der Waals surface area contributed by atoms with Gasteiger partial charge in [-0.2, -0.15) is 0 Å². The van der Waals surface area contributed by atoms with Gasteiger partial charge in [-0.25, -0.2) is 18.5 Å². The highest BCUT2D eigenvalue weighted by Gasteiger charge is 2.10. The van der Waals surface area contributed by atoms with Gasteiger partial charge in [0.05, 0.1) is 5.75 Å². The first kappa shape index (κ1) is 14.7. The number of hydrogen-bond donors (Lipinski definition) is 3. The summed E-state index contributed by atoms with van der Waals surface area (Å²) in [4.78, 5) is 15.6. The summed E-state index contributed by atoms with van der Waals surface area (Å²) in [5.41, 5.74) is 0.286. The average Bonchev–Trinajstić information content (AvgIpc) is 2.26. The van der Waals surface area contributed by atoms with Crippen molar-refractivity contribution in [3.05, 3.63) is 22.8 Å². The lowest BCUT2D eigenvalue weighted by Crippen LogP contribution is -2.31. The van der Waals surface area contributed by atoms with Crippen molar-refractivity contribution in [1.82, 2.24) is 10.3 Å².